The first-order valence-electron chi connectivity index (χ1n) is 3.32. The van der Waals surface area contributed by atoms with Gasteiger partial charge >= 0.3 is 5.97 Å². The van der Waals surface area contributed by atoms with Crippen LogP contribution in [0.5, 0.6) is 0 Å². The highest BCUT2D eigenvalue weighted by Gasteiger charge is 2.18. The lowest BCUT2D eigenvalue weighted by Gasteiger charge is -2.12. The third-order valence-corrected chi connectivity index (χ3v) is 1.42. The highest BCUT2D eigenvalue weighted by molar-refractivity contribution is 5.75. The van der Waals surface area contributed by atoms with Gasteiger partial charge in [0.1, 0.15) is 6.04 Å². The van der Waals surface area contributed by atoms with Gasteiger partial charge in [0.15, 0.2) is 0 Å². The summed E-state index contributed by atoms with van der Waals surface area (Å²) in [5, 5.41) is 0. The van der Waals surface area contributed by atoms with E-state index in [2.05, 4.69) is 17.0 Å². The van der Waals surface area contributed by atoms with Crippen LogP contribution in [-0.4, -0.2) is 19.1 Å². The van der Waals surface area contributed by atoms with Gasteiger partial charge in [-0.3, -0.25) is 4.79 Å². The van der Waals surface area contributed by atoms with E-state index in [1.165, 1.54) is 7.11 Å². The molecule has 0 aromatic rings. The van der Waals surface area contributed by atoms with Crippen molar-refractivity contribution in [1.29, 1.82) is 0 Å². The Morgan fingerprint density at radius 3 is 2.73 bits per heavy atom. The molecule has 0 amide bonds. The monoisotopic (exact) mass is 155 g/mol. The summed E-state index contributed by atoms with van der Waals surface area (Å²) in [7, 11) is 1.31. The molecule has 0 aliphatic carbocycles. The Balaban J connectivity index is 4.11. The maximum atomic E-state index is 10.8. The van der Waals surface area contributed by atoms with E-state index in [4.69, 9.17) is 5.73 Å². The first-order chi connectivity index (χ1) is 5.13. The highest BCUT2D eigenvalue weighted by Crippen LogP contribution is 2.02. The molecule has 0 spiro atoms. The number of methoxy groups -OCH3 is 1. The van der Waals surface area contributed by atoms with E-state index in [-0.39, 0.29) is 5.92 Å². The fraction of sp³-hybridized carbons (Fsp3) is 0.500. The van der Waals surface area contributed by atoms with Gasteiger partial charge < -0.3 is 10.5 Å². The molecule has 62 valence electrons. The van der Waals surface area contributed by atoms with Crippen LogP contribution in [0.15, 0.2) is 18.4 Å². The molecule has 0 heterocycles. The standard InChI is InChI=1S/C8H13NO2/c1-4-5-6(2)7(9)8(10)11-3/h5-7H,1,9H2,2-3H3. The van der Waals surface area contributed by atoms with Crippen molar-refractivity contribution in [2.75, 3.05) is 7.11 Å². The molecule has 2 unspecified atom stereocenters. The fourth-order valence-electron chi connectivity index (χ4n) is 0.640. The SMILES string of the molecule is C=C=CC(C)C(N)C(=O)OC. The van der Waals surface area contributed by atoms with E-state index in [1.54, 1.807) is 13.0 Å². The summed E-state index contributed by atoms with van der Waals surface area (Å²) in [6.07, 6.45) is 1.64. The molecule has 3 nitrogen and oxygen atoms in total. The average molecular weight is 155 g/mol. The van der Waals surface area contributed by atoms with E-state index in [1.807, 2.05) is 0 Å². The zero-order chi connectivity index (χ0) is 8.85. The fourth-order valence-corrected chi connectivity index (χ4v) is 0.640. The Bertz CT molecular complexity index is 183. The number of rotatable bonds is 3. The quantitative estimate of drug-likeness (QED) is 0.476. The molecule has 11 heavy (non-hydrogen) atoms. The number of hydrogen-bond acceptors (Lipinski definition) is 3. The highest BCUT2D eigenvalue weighted by atomic mass is 16.5. The Morgan fingerprint density at radius 1 is 1.82 bits per heavy atom. The van der Waals surface area contributed by atoms with E-state index >= 15 is 0 Å². The number of carbonyl (C=O) groups excluding carboxylic acids is 1. The van der Waals surface area contributed by atoms with Crippen molar-refractivity contribution in [2.45, 2.75) is 13.0 Å². The molecule has 0 bridgehead atoms. The summed E-state index contributed by atoms with van der Waals surface area (Å²) in [5.41, 5.74) is 8.05. The topological polar surface area (TPSA) is 52.3 Å². The van der Waals surface area contributed by atoms with Crippen molar-refractivity contribution in [3.8, 4) is 0 Å². The summed E-state index contributed by atoms with van der Waals surface area (Å²) < 4.78 is 4.45. The molecular weight excluding hydrogens is 142 g/mol. The Labute approximate surface area is 66.5 Å². The van der Waals surface area contributed by atoms with Gasteiger partial charge in [-0.2, -0.15) is 0 Å². The third-order valence-electron chi connectivity index (χ3n) is 1.42. The zero-order valence-corrected chi connectivity index (χ0v) is 6.83. The summed E-state index contributed by atoms with van der Waals surface area (Å²) in [4.78, 5) is 10.8. The molecule has 3 heteroatoms. The lowest BCUT2D eigenvalue weighted by Crippen LogP contribution is -2.36. The number of hydrogen-bond donors (Lipinski definition) is 1. The van der Waals surface area contributed by atoms with Crippen LogP contribution in [0.3, 0.4) is 0 Å². The van der Waals surface area contributed by atoms with Crippen molar-refractivity contribution in [1.82, 2.24) is 0 Å². The maximum Gasteiger partial charge on any atom is 0.323 e. The van der Waals surface area contributed by atoms with E-state index < -0.39 is 12.0 Å². The smallest absolute Gasteiger partial charge is 0.323 e. The molecule has 0 rings (SSSR count). The van der Waals surface area contributed by atoms with Crippen molar-refractivity contribution in [3.63, 3.8) is 0 Å². The average Bonchev–Trinajstić information content (AvgIpc) is 2.02. The lowest BCUT2D eigenvalue weighted by molar-refractivity contribution is -0.142. The summed E-state index contributed by atoms with van der Waals surface area (Å²) >= 11 is 0. The molecule has 0 fully saturated rings. The minimum absolute atomic E-state index is 0.0834. The maximum absolute atomic E-state index is 10.8. The Hall–Kier alpha value is -1.05. The van der Waals surface area contributed by atoms with Gasteiger partial charge in [-0.15, -0.1) is 5.73 Å². The van der Waals surface area contributed by atoms with Crippen LogP contribution in [0.4, 0.5) is 0 Å². The van der Waals surface area contributed by atoms with Crippen LogP contribution in [0.2, 0.25) is 0 Å². The van der Waals surface area contributed by atoms with Gasteiger partial charge in [-0.25, -0.2) is 0 Å². The molecule has 0 radical (unpaired) electrons. The predicted molar refractivity (Wildman–Crippen MR) is 42.9 cm³/mol. The molecular formula is C8H13NO2. The van der Waals surface area contributed by atoms with Crippen LogP contribution in [0.1, 0.15) is 6.92 Å². The molecule has 0 saturated heterocycles. The number of nitrogens with two attached hydrogens (primary N) is 1. The van der Waals surface area contributed by atoms with Crippen molar-refractivity contribution in [3.05, 3.63) is 18.4 Å². The molecule has 0 aromatic heterocycles. The molecule has 0 aliphatic rings. The van der Waals surface area contributed by atoms with E-state index in [9.17, 15) is 4.79 Å². The van der Waals surface area contributed by atoms with Crippen molar-refractivity contribution >= 4 is 5.97 Å². The minimum Gasteiger partial charge on any atom is -0.468 e. The largest absolute Gasteiger partial charge is 0.468 e. The summed E-state index contributed by atoms with van der Waals surface area (Å²) in [6.45, 7) is 5.19. The van der Waals surface area contributed by atoms with Gasteiger partial charge in [0.05, 0.1) is 7.11 Å². The van der Waals surface area contributed by atoms with E-state index in [0.717, 1.165) is 0 Å². The van der Waals surface area contributed by atoms with Gasteiger partial charge in [0.25, 0.3) is 0 Å². The molecule has 0 aromatic carbocycles. The first-order valence-corrected chi connectivity index (χ1v) is 3.32. The lowest BCUT2D eigenvalue weighted by atomic mass is 10.0. The van der Waals surface area contributed by atoms with Crippen molar-refractivity contribution < 1.29 is 9.53 Å². The van der Waals surface area contributed by atoms with Gasteiger partial charge in [0, 0.05) is 5.92 Å². The number of carbonyl (C=O) groups is 1. The summed E-state index contributed by atoms with van der Waals surface area (Å²) in [5.74, 6) is -0.496. The van der Waals surface area contributed by atoms with Crippen LogP contribution in [0, 0.1) is 5.92 Å². The van der Waals surface area contributed by atoms with Crippen LogP contribution < -0.4 is 5.73 Å². The van der Waals surface area contributed by atoms with Gasteiger partial charge in [0.2, 0.25) is 0 Å². The molecule has 2 atom stereocenters. The normalized spacial score (nSPS) is 14.5. The van der Waals surface area contributed by atoms with Crippen molar-refractivity contribution in [2.24, 2.45) is 11.7 Å². The molecule has 2 N–H and O–H groups in total. The second-order valence-corrected chi connectivity index (χ2v) is 2.28. The Kier molecular flexibility index (Phi) is 4.27. The third kappa shape index (κ3) is 3.03. The number of esters is 1. The number of ether oxygens (including phenoxy) is 1. The van der Waals surface area contributed by atoms with Crippen LogP contribution in [-0.2, 0) is 9.53 Å². The molecule has 0 aliphatic heterocycles. The second-order valence-electron chi connectivity index (χ2n) is 2.28. The predicted octanol–water partition coefficient (Wildman–Crippen LogP) is 0.464. The van der Waals surface area contributed by atoms with Crippen LogP contribution in [0.25, 0.3) is 0 Å². The molecule has 0 saturated carbocycles. The first kappa shape index (κ1) is 9.95. The van der Waals surface area contributed by atoms with Gasteiger partial charge in [-0.1, -0.05) is 13.5 Å². The minimum atomic E-state index is -0.616. The van der Waals surface area contributed by atoms with E-state index in [0.29, 0.717) is 0 Å². The summed E-state index contributed by atoms with van der Waals surface area (Å²) in [6, 6.07) is -0.616. The Morgan fingerprint density at radius 2 is 2.36 bits per heavy atom. The van der Waals surface area contributed by atoms with Crippen LogP contribution >= 0.6 is 0 Å². The second kappa shape index (κ2) is 4.72. The van der Waals surface area contributed by atoms with Gasteiger partial charge in [-0.05, 0) is 6.08 Å². The zero-order valence-electron chi connectivity index (χ0n) is 6.83.